The molecule has 0 unspecified atom stereocenters. The molecule has 1 atom stereocenters. The van der Waals surface area contributed by atoms with Crippen molar-refractivity contribution in [3.63, 3.8) is 0 Å². The van der Waals surface area contributed by atoms with Crippen molar-refractivity contribution in [2.75, 3.05) is 5.75 Å². The van der Waals surface area contributed by atoms with E-state index in [0.717, 1.165) is 22.0 Å². The maximum atomic E-state index is 11.9. The van der Waals surface area contributed by atoms with Gasteiger partial charge in [0.2, 0.25) is 5.91 Å². The van der Waals surface area contributed by atoms with Gasteiger partial charge in [0.15, 0.2) is 5.16 Å². The van der Waals surface area contributed by atoms with Gasteiger partial charge in [-0.2, -0.15) is 0 Å². The van der Waals surface area contributed by atoms with Crippen molar-refractivity contribution < 1.29 is 9.21 Å². The number of aromatic nitrogens is 2. The lowest BCUT2D eigenvalue weighted by Gasteiger charge is -2.10. The monoisotopic (exact) mass is 301 g/mol. The number of carbonyl (C=O) groups excluding carboxylic acids is 1. The molecule has 1 aromatic carbocycles. The fraction of sp³-hybridized carbons (Fsp3) is 0.200. The molecule has 0 saturated heterocycles. The zero-order valence-corrected chi connectivity index (χ0v) is 12.3. The molecule has 108 valence electrons. The van der Waals surface area contributed by atoms with Gasteiger partial charge in [0, 0.05) is 0 Å². The first-order chi connectivity index (χ1) is 10.2. The lowest BCUT2D eigenvalue weighted by molar-refractivity contribution is -0.119. The first-order valence-electron chi connectivity index (χ1n) is 6.62. The summed E-state index contributed by atoms with van der Waals surface area (Å²) in [6.45, 7) is 1.89. The van der Waals surface area contributed by atoms with Gasteiger partial charge in [-0.15, -0.1) is 0 Å². The number of nitrogens with zero attached hydrogens (tertiary/aromatic N) is 1. The van der Waals surface area contributed by atoms with Crippen LogP contribution in [0.4, 0.5) is 0 Å². The van der Waals surface area contributed by atoms with Gasteiger partial charge in [-0.3, -0.25) is 4.79 Å². The predicted molar refractivity (Wildman–Crippen MR) is 82.1 cm³/mol. The highest BCUT2D eigenvalue weighted by atomic mass is 32.2. The average molecular weight is 301 g/mol. The number of para-hydroxylation sites is 2. The third-order valence-electron chi connectivity index (χ3n) is 3.06. The summed E-state index contributed by atoms with van der Waals surface area (Å²) >= 11 is 1.38. The third kappa shape index (κ3) is 3.28. The molecule has 5 nitrogen and oxygen atoms in total. The molecule has 6 heteroatoms. The second-order valence-electron chi connectivity index (χ2n) is 4.65. The molecule has 3 rings (SSSR count). The standard InChI is InChI=1S/C15H15N3O2S/c1-10(13-7-4-8-20-13)16-14(19)9-21-15-17-11-5-2-3-6-12(11)18-15/h2-8,10H,9H2,1H3,(H,16,19)(H,17,18)/t10-/m0/s1. The van der Waals surface area contributed by atoms with E-state index in [1.165, 1.54) is 11.8 Å². The zero-order valence-electron chi connectivity index (χ0n) is 11.5. The smallest absolute Gasteiger partial charge is 0.231 e. The van der Waals surface area contributed by atoms with E-state index in [-0.39, 0.29) is 11.9 Å². The summed E-state index contributed by atoms with van der Waals surface area (Å²) in [4.78, 5) is 19.5. The van der Waals surface area contributed by atoms with Gasteiger partial charge >= 0.3 is 0 Å². The Kier molecular flexibility index (Phi) is 3.96. The van der Waals surface area contributed by atoms with Gasteiger partial charge < -0.3 is 14.7 Å². The maximum Gasteiger partial charge on any atom is 0.231 e. The topological polar surface area (TPSA) is 70.9 Å². The van der Waals surface area contributed by atoms with Crippen molar-refractivity contribution in [3.05, 3.63) is 48.4 Å². The summed E-state index contributed by atoms with van der Waals surface area (Å²) in [6.07, 6.45) is 1.60. The normalized spacial score (nSPS) is 12.4. The first kappa shape index (κ1) is 13.8. The highest BCUT2D eigenvalue weighted by Gasteiger charge is 2.12. The van der Waals surface area contributed by atoms with E-state index in [1.54, 1.807) is 12.3 Å². The second kappa shape index (κ2) is 6.05. The second-order valence-corrected chi connectivity index (χ2v) is 5.62. The molecule has 0 aliphatic rings. The highest BCUT2D eigenvalue weighted by Crippen LogP contribution is 2.19. The van der Waals surface area contributed by atoms with E-state index in [1.807, 2.05) is 37.3 Å². The summed E-state index contributed by atoms with van der Waals surface area (Å²) < 4.78 is 5.26. The molecule has 2 aromatic heterocycles. The minimum absolute atomic E-state index is 0.0515. The Morgan fingerprint density at radius 2 is 2.24 bits per heavy atom. The van der Waals surface area contributed by atoms with Crippen molar-refractivity contribution in [3.8, 4) is 0 Å². The highest BCUT2D eigenvalue weighted by molar-refractivity contribution is 7.99. The number of rotatable bonds is 5. The quantitative estimate of drug-likeness (QED) is 0.710. The molecule has 21 heavy (non-hydrogen) atoms. The summed E-state index contributed by atoms with van der Waals surface area (Å²) in [5.74, 6) is 1.01. The minimum Gasteiger partial charge on any atom is -0.467 e. The van der Waals surface area contributed by atoms with E-state index in [0.29, 0.717) is 5.75 Å². The van der Waals surface area contributed by atoms with Crippen LogP contribution in [0.25, 0.3) is 11.0 Å². The minimum atomic E-state index is -0.135. The maximum absolute atomic E-state index is 11.9. The molecule has 3 aromatic rings. The summed E-state index contributed by atoms with van der Waals surface area (Å²) in [5, 5.41) is 3.64. The fourth-order valence-electron chi connectivity index (χ4n) is 2.02. The van der Waals surface area contributed by atoms with Crippen LogP contribution in [0.3, 0.4) is 0 Å². The molecular formula is C15H15N3O2S. The van der Waals surface area contributed by atoms with Gasteiger partial charge in [-0.25, -0.2) is 4.98 Å². The Hall–Kier alpha value is -2.21. The van der Waals surface area contributed by atoms with Gasteiger partial charge in [-0.05, 0) is 31.2 Å². The van der Waals surface area contributed by atoms with Crippen LogP contribution >= 0.6 is 11.8 Å². The summed E-state index contributed by atoms with van der Waals surface area (Å²) in [6, 6.07) is 11.3. The van der Waals surface area contributed by atoms with Crippen LogP contribution in [0.2, 0.25) is 0 Å². The van der Waals surface area contributed by atoms with E-state index in [9.17, 15) is 4.79 Å². The molecule has 0 spiro atoms. The molecule has 0 saturated carbocycles. The van der Waals surface area contributed by atoms with Crippen LogP contribution in [0, 0.1) is 0 Å². The van der Waals surface area contributed by atoms with Crippen molar-refractivity contribution >= 4 is 28.7 Å². The molecular weight excluding hydrogens is 286 g/mol. The van der Waals surface area contributed by atoms with Crippen LogP contribution in [-0.4, -0.2) is 21.6 Å². The average Bonchev–Trinajstić information content (AvgIpc) is 3.14. The summed E-state index contributed by atoms with van der Waals surface area (Å²) in [5.41, 5.74) is 1.88. The number of fused-ring (bicyclic) bond motifs is 1. The Morgan fingerprint density at radius 1 is 1.38 bits per heavy atom. The van der Waals surface area contributed by atoms with Crippen LogP contribution in [-0.2, 0) is 4.79 Å². The van der Waals surface area contributed by atoms with Crippen molar-refractivity contribution in [1.82, 2.24) is 15.3 Å². The number of amides is 1. The number of H-pyrrole nitrogens is 1. The number of thioether (sulfide) groups is 1. The summed E-state index contributed by atoms with van der Waals surface area (Å²) in [7, 11) is 0. The van der Waals surface area contributed by atoms with Crippen LogP contribution in [0.1, 0.15) is 18.7 Å². The molecule has 2 N–H and O–H groups in total. The van der Waals surface area contributed by atoms with Crippen molar-refractivity contribution in [2.45, 2.75) is 18.1 Å². The molecule has 0 bridgehead atoms. The lowest BCUT2D eigenvalue weighted by atomic mass is 10.2. The van der Waals surface area contributed by atoms with E-state index < -0.39 is 0 Å². The van der Waals surface area contributed by atoms with Crippen LogP contribution in [0.15, 0.2) is 52.2 Å². The number of benzene rings is 1. The Morgan fingerprint density at radius 3 is 3.00 bits per heavy atom. The van der Waals surface area contributed by atoms with E-state index in [2.05, 4.69) is 15.3 Å². The fourth-order valence-corrected chi connectivity index (χ4v) is 2.72. The molecule has 0 fully saturated rings. The Labute approximate surface area is 126 Å². The van der Waals surface area contributed by atoms with Gasteiger partial charge in [0.1, 0.15) is 5.76 Å². The third-order valence-corrected chi connectivity index (χ3v) is 3.93. The van der Waals surface area contributed by atoms with Gasteiger partial charge in [-0.1, -0.05) is 23.9 Å². The number of carbonyl (C=O) groups is 1. The largest absolute Gasteiger partial charge is 0.467 e. The van der Waals surface area contributed by atoms with E-state index >= 15 is 0 Å². The molecule has 1 amide bonds. The molecule has 0 aliphatic carbocycles. The Bertz CT molecular complexity index is 703. The lowest BCUT2D eigenvalue weighted by Crippen LogP contribution is -2.27. The zero-order chi connectivity index (χ0) is 14.7. The van der Waals surface area contributed by atoms with Gasteiger partial charge in [0.05, 0.1) is 29.1 Å². The molecule has 0 aliphatic heterocycles. The number of nitrogens with one attached hydrogen (secondary N) is 2. The number of hydrogen-bond acceptors (Lipinski definition) is 4. The van der Waals surface area contributed by atoms with E-state index in [4.69, 9.17) is 4.42 Å². The SMILES string of the molecule is C[C@H](NC(=O)CSc1nc2ccccc2[nH]1)c1ccco1. The molecule has 2 heterocycles. The van der Waals surface area contributed by atoms with Gasteiger partial charge in [0.25, 0.3) is 0 Å². The number of imidazole rings is 1. The molecule has 0 radical (unpaired) electrons. The van der Waals surface area contributed by atoms with Crippen molar-refractivity contribution in [2.24, 2.45) is 0 Å². The van der Waals surface area contributed by atoms with Crippen molar-refractivity contribution in [1.29, 1.82) is 0 Å². The Balaban J connectivity index is 1.56. The first-order valence-corrected chi connectivity index (χ1v) is 7.61. The number of hydrogen-bond donors (Lipinski definition) is 2. The number of aromatic amines is 1. The van der Waals surface area contributed by atoms with Crippen LogP contribution < -0.4 is 5.32 Å². The predicted octanol–water partition coefficient (Wildman–Crippen LogP) is 3.13. The number of furan rings is 1. The van der Waals surface area contributed by atoms with Crippen LogP contribution in [0.5, 0.6) is 0 Å².